The lowest BCUT2D eigenvalue weighted by Crippen LogP contribution is -2.25. The van der Waals surface area contributed by atoms with Gasteiger partial charge in [-0.1, -0.05) is 0 Å². The van der Waals surface area contributed by atoms with E-state index in [9.17, 15) is 4.39 Å². The number of hydrogen-bond donors (Lipinski definition) is 1. The number of halogens is 2. The Kier molecular flexibility index (Phi) is 3.22. The minimum Gasteiger partial charge on any atom is -0.467 e. The number of furan rings is 1. The Balaban J connectivity index is 1.94. The molecule has 3 nitrogen and oxygen atoms in total. The Morgan fingerprint density at radius 1 is 1.42 bits per heavy atom. The SMILES string of the molecule is Nc1cc(F)c(Br)cc1N(Cc1ccco1)C1CC1. The van der Waals surface area contributed by atoms with E-state index in [2.05, 4.69) is 20.8 Å². The van der Waals surface area contributed by atoms with E-state index in [0.29, 0.717) is 22.7 Å². The number of benzene rings is 1. The molecule has 1 heterocycles. The van der Waals surface area contributed by atoms with Gasteiger partial charge in [0.2, 0.25) is 0 Å². The van der Waals surface area contributed by atoms with Gasteiger partial charge in [0.15, 0.2) is 0 Å². The molecule has 1 fully saturated rings. The van der Waals surface area contributed by atoms with E-state index in [4.69, 9.17) is 10.2 Å². The summed E-state index contributed by atoms with van der Waals surface area (Å²) in [5.41, 5.74) is 7.26. The average Bonchev–Trinajstić information content (AvgIpc) is 3.09. The Morgan fingerprint density at radius 2 is 2.21 bits per heavy atom. The van der Waals surface area contributed by atoms with Crippen LogP contribution in [0.25, 0.3) is 0 Å². The van der Waals surface area contributed by atoms with Gasteiger partial charge in [0.25, 0.3) is 0 Å². The van der Waals surface area contributed by atoms with Gasteiger partial charge in [-0.15, -0.1) is 0 Å². The number of anilines is 2. The van der Waals surface area contributed by atoms with Crippen molar-refractivity contribution in [1.82, 2.24) is 0 Å². The maximum Gasteiger partial charge on any atom is 0.139 e. The highest BCUT2D eigenvalue weighted by Gasteiger charge is 2.31. The molecular formula is C14H14BrFN2O. The second-order valence-corrected chi connectivity index (χ2v) is 5.62. The Bertz CT molecular complexity index is 581. The van der Waals surface area contributed by atoms with Crippen molar-refractivity contribution >= 4 is 27.3 Å². The highest BCUT2D eigenvalue weighted by Crippen LogP contribution is 2.38. The lowest BCUT2D eigenvalue weighted by Gasteiger charge is -2.25. The molecule has 0 aliphatic heterocycles. The van der Waals surface area contributed by atoms with Gasteiger partial charge in [-0.05, 0) is 47.0 Å². The van der Waals surface area contributed by atoms with Crippen molar-refractivity contribution in [3.63, 3.8) is 0 Å². The molecule has 0 atom stereocenters. The van der Waals surface area contributed by atoms with E-state index in [-0.39, 0.29) is 5.82 Å². The van der Waals surface area contributed by atoms with Crippen LogP contribution in [0.5, 0.6) is 0 Å². The first-order chi connectivity index (χ1) is 9.15. The predicted molar refractivity (Wildman–Crippen MR) is 76.4 cm³/mol. The van der Waals surface area contributed by atoms with Gasteiger partial charge >= 0.3 is 0 Å². The molecule has 100 valence electrons. The third-order valence-electron chi connectivity index (χ3n) is 3.27. The normalized spacial score (nSPS) is 14.6. The third kappa shape index (κ3) is 2.61. The molecule has 2 N–H and O–H groups in total. The van der Waals surface area contributed by atoms with Crippen molar-refractivity contribution in [3.05, 3.63) is 46.6 Å². The molecule has 2 aromatic rings. The summed E-state index contributed by atoms with van der Waals surface area (Å²) in [5.74, 6) is 0.543. The number of nitrogens with zero attached hydrogens (tertiary/aromatic N) is 1. The van der Waals surface area contributed by atoms with Gasteiger partial charge in [0.1, 0.15) is 11.6 Å². The number of nitrogen functional groups attached to an aromatic ring is 1. The van der Waals surface area contributed by atoms with E-state index in [0.717, 1.165) is 24.3 Å². The summed E-state index contributed by atoms with van der Waals surface area (Å²) >= 11 is 3.22. The lowest BCUT2D eigenvalue weighted by atomic mass is 10.2. The zero-order valence-electron chi connectivity index (χ0n) is 10.3. The second-order valence-electron chi connectivity index (χ2n) is 4.76. The van der Waals surface area contributed by atoms with Crippen molar-refractivity contribution in [2.75, 3.05) is 10.6 Å². The topological polar surface area (TPSA) is 42.4 Å². The second kappa shape index (κ2) is 4.89. The molecule has 0 amide bonds. The molecule has 0 bridgehead atoms. The maximum absolute atomic E-state index is 13.5. The minimum absolute atomic E-state index is 0.338. The maximum atomic E-state index is 13.5. The molecule has 0 radical (unpaired) electrons. The van der Waals surface area contributed by atoms with Crippen molar-refractivity contribution < 1.29 is 8.81 Å². The van der Waals surface area contributed by atoms with Crippen molar-refractivity contribution in [2.24, 2.45) is 0 Å². The quantitative estimate of drug-likeness (QED) is 0.866. The average molecular weight is 325 g/mol. The predicted octanol–water partition coefficient (Wildman–Crippen LogP) is 3.93. The molecule has 1 aliphatic rings. The minimum atomic E-state index is -0.338. The van der Waals surface area contributed by atoms with E-state index in [1.54, 1.807) is 12.3 Å². The first-order valence-corrected chi connectivity index (χ1v) is 6.98. The molecule has 0 spiro atoms. The van der Waals surface area contributed by atoms with E-state index >= 15 is 0 Å². The molecule has 0 saturated heterocycles. The van der Waals surface area contributed by atoms with Crippen molar-refractivity contribution in [1.29, 1.82) is 0 Å². The highest BCUT2D eigenvalue weighted by molar-refractivity contribution is 9.10. The fraction of sp³-hybridized carbons (Fsp3) is 0.286. The summed E-state index contributed by atoms with van der Waals surface area (Å²) in [7, 11) is 0. The van der Waals surface area contributed by atoms with Gasteiger partial charge in [0.05, 0.1) is 28.7 Å². The van der Waals surface area contributed by atoms with Gasteiger partial charge in [-0.3, -0.25) is 0 Å². The highest BCUT2D eigenvalue weighted by atomic mass is 79.9. The molecule has 1 saturated carbocycles. The molecule has 3 rings (SSSR count). The van der Waals surface area contributed by atoms with Crippen LogP contribution in [0.2, 0.25) is 0 Å². The summed E-state index contributed by atoms with van der Waals surface area (Å²) in [5, 5.41) is 0. The Hall–Kier alpha value is -1.49. The van der Waals surface area contributed by atoms with Crippen LogP contribution < -0.4 is 10.6 Å². The summed E-state index contributed by atoms with van der Waals surface area (Å²) in [6.45, 7) is 0.653. The monoisotopic (exact) mass is 324 g/mol. The smallest absolute Gasteiger partial charge is 0.139 e. The number of nitrogens with two attached hydrogens (primary N) is 1. The van der Waals surface area contributed by atoms with Crippen molar-refractivity contribution in [3.8, 4) is 0 Å². The van der Waals surface area contributed by atoms with Crippen molar-refractivity contribution in [2.45, 2.75) is 25.4 Å². The molecule has 19 heavy (non-hydrogen) atoms. The number of hydrogen-bond acceptors (Lipinski definition) is 3. The van der Waals surface area contributed by atoms with Crippen LogP contribution in [0.3, 0.4) is 0 Å². The van der Waals surface area contributed by atoms with E-state index in [1.807, 2.05) is 12.1 Å². The van der Waals surface area contributed by atoms with Crippen LogP contribution in [-0.2, 0) is 6.54 Å². The Labute approximate surface area is 119 Å². The van der Waals surface area contributed by atoms with E-state index in [1.165, 1.54) is 6.07 Å². The van der Waals surface area contributed by atoms with Crippen LogP contribution in [0.15, 0.2) is 39.4 Å². The van der Waals surface area contributed by atoms with Crippen LogP contribution in [0.1, 0.15) is 18.6 Å². The van der Waals surface area contributed by atoms with Crippen LogP contribution >= 0.6 is 15.9 Å². The molecule has 1 aromatic carbocycles. The summed E-state index contributed by atoms with van der Waals surface area (Å²) in [6, 6.07) is 7.36. The van der Waals surface area contributed by atoms with Gasteiger partial charge in [-0.2, -0.15) is 0 Å². The molecular weight excluding hydrogens is 311 g/mol. The Morgan fingerprint density at radius 3 is 2.84 bits per heavy atom. The molecule has 1 aliphatic carbocycles. The first kappa shape index (κ1) is 12.5. The van der Waals surface area contributed by atoms with Gasteiger partial charge in [0, 0.05) is 12.1 Å². The third-order valence-corrected chi connectivity index (χ3v) is 3.88. The van der Waals surface area contributed by atoms with Crippen LogP contribution in [0.4, 0.5) is 15.8 Å². The van der Waals surface area contributed by atoms with Crippen LogP contribution in [-0.4, -0.2) is 6.04 Å². The largest absolute Gasteiger partial charge is 0.467 e. The molecule has 5 heteroatoms. The zero-order chi connectivity index (χ0) is 13.4. The number of rotatable bonds is 4. The zero-order valence-corrected chi connectivity index (χ0v) is 11.9. The standard InChI is InChI=1S/C14H14BrFN2O/c15-11-6-14(13(17)7-12(11)16)18(9-3-4-9)8-10-2-1-5-19-10/h1-2,5-7,9H,3-4,8,17H2. The fourth-order valence-corrected chi connectivity index (χ4v) is 2.50. The summed E-state index contributed by atoms with van der Waals surface area (Å²) in [4.78, 5) is 2.18. The van der Waals surface area contributed by atoms with Gasteiger partial charge in [-0.25, -0.2) is 4.39 Å². The lowest BCUT2D eigenvalue weighted by molar-refractivity contribution is 0.501. The summed E-state index contributed by atoms with van der Waals surface area (Å²) in [6.07, 6.45) is 3.93. The first-order valence-electron chi connectivity index (χ1n) is 6.18. The van der Waals surface area contributed by atoms with E-state index < -0.39 is 0 Å². The fourth-order valence-electron chi connectivity index (χ4n) is 2.17. The summed E-state index contributed by atoms with van der Waals surface area (Å²) < 4.78 is 19.3. The molecule has 0 unspecified atom stereocenters. The van der Waals surface area contributed by atoms with Crippen LogP contribution in [0, 0.1) is 5.82 Å². The van der Waals surface area contributed by atoms with Gasteiger partial charge < -0.3 is 15.1 Å². The molecule has 1 aromatic heterocycles.